The molecule has 1 saturated carbocycles. The van der Waals surface area contributed by atoms with Gasteiger partial charge in [0.15, 0.2) is 23.1 Å². The molecule has 0 spiro atoms. The maximum Gasteiger partial charge on any atom is 0.175 e. The summed E-state index contributed by atoms with van der Waals surface area (Å²) in [5.41, 5.74) is 5.47. The van der Waals surface area contributed by atoms with Crippen LogP contribution in [0.1, 0.15) is 109 Å². The number of carbonyl (C=O) groups excluding carboxylic acids is 2. The fourth-order valence-electron chi connectivity index (χ4n) is 8.05. The summed E-state index contributed by atoms with van der Waals surface area (Å²) in [6.07, 6.45) is 8.42. The van der Waals surface area contributed by atoms with Crippen LogP contribution < -0.4 is 9.47 Å². The first-order chi connectivity index (χ1) is 21.4. The molecule has 0 atom stereocenters. The summed E-state index contributed by atoms with van der Waals surface area (Å²) in [6, 6.07) is 12.0. The molecule has 2 aromatic carbocycles. The molecule has 1 heterocycles. The van der Waals surface area contributed by atoms with Gasteiger partial charge in [0.1, 0.15) is 6.61 Å². The summed E-state index contributed by atoms with van der Waals surface area (Å²) < 4.78 is 13.2. The van der Waals surface area contributed by atoms with Gasteiger partial charge in [-0.15, -0.1) is 0 Å². The second kappa shape index (κ2) is 12.6. The first kappa shape index (κ1) is 32.4. The van der Waals surface area contributed by atoms with E-state index in [9.17, 15) is 9.59 Å². The largest absolute Gasteiger partial charge is 0.490 e. The number of rotatable bonds is 7. The number of carbonyl (C=O) groups is 2. The van der Waals surface area contributed by atoms with E-state index in [0.29, 0.717) is 48.6 Å². The number of allylic oxidation sites excluding steroid dienone is 4. The van der Waals surface area contributed by atoms with Gasteiger partial charge in [-0.05, 0) is 94.8 Å². The Morgan fingerprint density at radius 1 is 0.867 bits per heavy atom. The summed E-state index contributed by atoms with van der Waals surface area (Å²) in [5, 5.41) is 0.656. The van der Waals surface area contributed by atoms with Gasteiger partial charge in [-0.1, -0.05) is 70.7 Å². The van der Waals surface area contributed by atoms with E-state index in [-0.39, 0.29) is 22.4 Å². The molecule has 0 unspecified atom stereocenters. The Morgan fingerprint density at radius 3 is 2.07 bits per heavy atom. The lowest BCUT2D eigenvalue weighted by Gasteiger charge is -2.52. The first-order valence-corrected chi connectivity index (χ1v) is 17.7. The number of Topliss-reactive ketones (excluding diaryl/α,β-unsaturated/α-hetero) is 2. The topological polar surface area (TPSA) is 55.8 Å². The highest BCUT2D eigenvalue weighted by Gasteiger charge is 2.50. The fourth-order valence-corrected chi connectivity index (χ4v) is 8.84. The third kappa shape index (κ3) is 6.52. The Hall–Kier alpha value is -2.57. The minimum absolute atomic E-state index is 0.144. The molecular weight excluding hydrogens is 650 g/mol. The quantitative estimate of drug-likeness (QED) is 0.289. The second-order valence-corrected chi connectivity index (χ2v) is 16.2. The van der Waals surface area contributed by atoms with Gasteiger partial charge in [0.2, 0.25) is 0 Å². The maximum absolute atomic E-state index is 14.3. The predicted molar refractivity (Wildman–Crippen MR) is 183 cm³/mol. The van der Waals surface area contributed by atoms with Crippen molar-refractivity contribution < 1.29 is 19.1 Å². The molecule has 5 nitrogen and oxygen atoms in total. The highest BCUT2D eigenvalue weighted by molar-refractivity contribution is 9.10. The van der Waals surface area contributed by atoms with E-state index >= 15 is 0 Å². The zero-order valence-electron chi connectivity index (χ0n) is 27.2. The summed E-state index contributed by atoms with van der Waals surface area (Å²) in [7, 11) is 0. The van der Waals surface area contributed by atoms with Crippen molar-refractivity contribution in [3.63, 3.8) is 0 Å². The third-order valence-corrected chi connectivity index (χ3v) is 10.7. The number of ketones is 2. The first-order valence-electron chi connectivity index (χ1n) is 16.5. The molecule has 6 rings (SSSR count). The number of hydrogen-bond acceptors (Lipinski definition) is 5. The van der Waals surface area contributed by atoms with E-state index in [4.69, 9.17) is 21.1 Å². The van der Waals surface area contributed by atoms with Gasteiger partial charge in [0, 0.05) is 52.4 Å². The smallest absolute Gasteiger partial charge is 0.175 e. The molecule has 0 amide bonds. The zero-order valence-corrected chi connectivity index (χ0v) is 29.6. The average molecular weight is 695 g/mol. The molecule has 1 aliphatic heterocycles. The van der Waals surface area contributed by atoms with Gasteiger partial charge in [0.05, 0.1) is 11.1 Å². The Balaban J connectivity index is 1.51. The van der Waals surface area contributed by atoms with Crippen molar-refractivity contribution in [1.82, 2.24) is 4.90 Å². The molecule has 240 valence electrons. The number of halogens is 2. The normalized spacial score (nSPS) is 22.0. The zero-order chi connectivity index (χ0) is 32.1. The van der Waals surface area contributed by atoms with Gasteiger partial charge in [-0.2, -0.15) is 0 Å². The van der Waals surface area contributed by atoms with Gasteiger partial charge >= 0.3 is 0 Å². The number of benzene rings is 2. The van der Waals surface area contributed by atoms with E-state index < -0.39 is 5.92 Å². The minimum atomic E-state index is -0.431. The molecule has 0 N–H and O–H groups in total. The number of hydrogen-bond donors (Lipinski definition) is 0. The molecule has 3 aliphatic carbocycles. The average Bonchev–Trinajstić information content (AvgIpc) is 2.95. The standard InChI is InChI=1S/C38H45BrClNO4/c1-6-44-32-17-24(16-27(39)36(32)45-22-23-11-10-12-25(40)15-23)33-34-28(18-37(2,3)20-30(34)42)41(26-13-8-7-9-14-26)29-19-38(4,5)21-31(43)35(29)33/h10-12,15-17,26,33H,6-9,13-14,18-22H2,1-5H3. The Kier molecular flexibility index (Phi) is 9.04. The van der Waals surface area contributed by atoms with Crippen molar-refractivity contribution >= 4 is 39.1 Å². The van der Waals surface area contributed by atoms with Crippen LogP contribution in [0.25, 0.3) is 0 Å². The molecule has 2 aromatic rings. The second-order valence-electron chi connectivity index (χ2n) is 14.9. The third-order valence-electron chi connectivity index (χ3n) is 9.83. The molecule has 0 aromatic heterocycles. The summed E-state index contributed by atoms with van der Waals surface area (Å²) in [6.45, 7) is 11.5. The highest BCUT2D eigenvalue weighted by atomic mass is 79.9. The van der Waals surface area contributed by atoms with Gasteiger partial charge in [0.25, 0.3) is 0 Å². The van der Waals surface area contributed by atoms with E-state index in [1.807, 2.05) is 43.3 Å². The highest BCUT2D eigenvalue weighted by Crippen LogP contribution is 2.56. The summed E-state index contributed by atoms with van der Waals surface area (Å²) >= 11 is 10.0. The monoisotopic (exact) mass is 693 g/mol. The lowest BCUT2D eigenvalue weighted by molar-refractivity contribution is -0.119. The van der Waals surface area contributed by atoms with Crippen molar-refractivity contribution in [2.45, 2.75) is 111 Å². The van der Waals surface area contributed by atoms with Gasteiger partial charge in [-0.3, -0.25) is 9.59 Å². The van der Waals surface area contributed by atoms with Crippen molar-refractivity contribution in [2.75, 3.05) is 6.61 Å². The minimum Gasteiger partial charge on any atom is -0.490 e. The molecule has 45 heavy (non-hydrogen) atoms. The molecule has 1 fully saturated rings. The molecule has 0 saturated heterocycles. The maximum atomic E-state index is 14.3. The van der Waals surface area contributed by atoms with Crippen LogP contribution >= 0.6 is 27.5 Å². The Labute approximate surface area is 281 Å². The lowest BCUT2D eigenvalue weighted by atomic mass is 9.63. The number of nitrogens with zero attached hydrogens (tertiary/aromatic N) is 1. The van der Waals surface area contributed by atoms with E-state index in [0.717, 1.165) is 63.8 Å². The predicted octanol–water partition coefficient (Wildman–Crippen LogP) is 10.1. The van der Waals surface area contributed by atoms with Gasteiger partial charge in [-0.25, -0.2) is 0 Å². The Morgan fingerprint density at radius 2 is 1.49 bits per heavy atom. The van der Waals surface area contributed by atoms with E-state index in [1.54, 1.807) is 0 Å². The fraction of sp³-hybridized carbons (Fsp3) is 0.526. The van der Waals surface area contributed by atoms with Crippen LogP contribution in [0, 0.1) is 10.8 Å². The van der Waals surface area contributed by atoms with Crippen LogP contribution in [-0.4, -0.2) is 29.1 Å². The Bertz CT molecular complexity index is 1530. The van der Waals surface area contributed by atoms with Crippen molar-refractivity contribution in [3.05, 3.63) is 79.6 Å². The molecular formula is C38H45BrClNO4. The van der Waals surface area contributed by atoms with Crippen LogP contribution in [0.5, 0.6) is 11.5 Å². The van der Waals surface area contributed by atoms with E-state index in [1.165, 1.54) is 19.3 Å². The summed E-state index contributed by atoms with van der Waals surface area (Å²) in [5.74, 6) is 1.07. The molecule has 7 heteroatoms. The molecule has 0 radical (unpaired) electrons. The molecule has 4 aliphatic rings. The summed E-state index contributed by atoms with van der Waals surface area (Å²) in [4.78, 5) is 31.1. The van der Waals surface area contributed by atoms with E-state index in [2.05, 4.69) is 48.5 Å². The van der Waals surface area contributed by atoms with Crippen molar-refractivity contribution in [2.24, 2.45) is 10.8 Å². The van der Waals surface area contributed by atoms with Crippen LogP contribution in [0.2, 0.25) is 5.02 Å². The van der Waals surface area contributed by atoms with Crippen LogP contribution in [-0.2, 0) is 16.2 Å². The number of ether oxygens (including phenoxy) is 2. The van der Waals surface area contributed by atoms with Crippen LogP contribution in [0.15, 0.2) is 63.4 Å². The van der Waals surface area contributed by atoms with Crippen molar-refractivity contribution in [3.8, 4) is 11.5 Å². The SMILES string of the molecule is CCOc1cc(C2C3=C(CC(C)(C)CC3=O)N(C3CCCCC3)C3=C2C(=O)CC(C)(C)C3)cc(Br)c1OCc1cccc(Cl)c1. The van der Waals surface area contributed by atoms with Crippen molar-refractivity contribution in [1.29, 1.82) is 0 Å². The van der Waals surface area contributed by atoms with Crippen LogP contribution in [0.4, 0.5) is 0 Å². The molecule has 0 bridgehead atoms. The van der Waals surface area contributed by atoms with Crippen LogP contribution in [0.3, 0.4) is 0 Å². The van der Waals surface area contributed by atoms with Gasteiger partial charge < -0.3 is 14.4 Å². The lowest BCUT2D eigenvalue weighted by Crippen LogP contribution is -2.48.